The summed E-state index contributed by atoms with van der Waals surface area (Å²) in [5.74, 6) is -0.798. The number of hydrogen-bond acceptors (Lipinski definition) is 4. The number of para-hydroxylation sites is 1. The molecule has 4 aromatic rings. The van der Waals surface area contributed by atoms with Crippen LogP contribution in [0.25, 0.3) is 0 Å². The summed E-state index contributed by atoms with van der Waals surface area (Å²) in [5, 5.41) is 3.45. The lowest BCUT2D eigenvalue weighted by Gasteiger charge is -2.34. The second-order valence-electron chi connectivity index (χ2n) is 11.3. The summed E-state index contributed by atoms with van der Waals surface area (Å²) in [6, 6.07) is 29.1. The molecule has 4 rings (SSSR count). The van der Waals surface area contributed by atoms with Gasteiger partial charge in [0.05, 0.1) is 10.6 Å². The molecule has 0 saturated heterocycles. The van der Waals surface area contributed by atoms with Crippen LogP contribution in [0.2, 0.25) is 5.02 Å². The third-order valence-corrected chi connectivity index (χ3v) is 9.84. The molecular formula is C36H40ClN3O4S. The quantitative estimate of drug-likeness (QED) is 0.175. The van der Waals surface area contributed by atoms with Crippen LogP contribution in [0.15, 0.2) is 108 Å². The van der Waals surface area contributed by atoms with Crippen molar-refractivity contribution in [1.29, 1.82) is 0 Å². The molecule has 7 nitrogen and oxygen atoms in total. The smallest absolute Gasteiger partial charge is 0.264 e. The minimum Gasteiger partial charge on any atom is -0.352 e. The second-order valence-corrected chi connectivity index (χ2v) is 13.6. The lowest BCUT2D eigenvalue weighted by molar-refractivity contribution is -0.140. The third kappa shape index (κ3) is 8.74. The first-order chi connectivity index (χ1) is 21.5. The molecule has 2 atom stereocenters. The van der Waals surface area contributed by atoms with Gasteiger partial charge in [-0.15, -0.1) is 0 Å². The summed E-state index contributed by atoms with van der Waals surface area (Å²) in [5.41, 5.74) is 3.83. The summed E-state index contributed by atoms with van der Waals surface area (Å²) in [4.78, 5) is 30.0. The van der Waals surface area contributed by atoms with Gasteiger partial charge in [0.2, 0.25) is 11.8 Å². The Hall–Kier alpha value is -4.14. The van der Waals surface area contributed by atoms with Crippen molar-refractivity contribution in [3.63, 3.8) is 0 Å². The molecular weight excluding hydrogens is 606 g/mol. The van der Waals surface area contributed by atoms with Gasteiger partial charge in [-0.1, -0.05) is 96.9 Å². The van der Waals surface area contributed by atoms with E-state index in [0.29, 0.717) is 16.3 Å². The van der Waals surface area contributed by atoms with Gasteiger partial charge in [-0.05, 0) is 74.2 Å². The summed E-state index contributed by atoms with van der Waals surface area (Å²) in [6.07, 6.45) is 0.977. The minimum atomic E-state index is -4.20. The molecule has 0 saturated carbocycles. The molecule has 45 heavy (non-hydrogen) atoms. The zero-order chi connectivity index (χ0) is 32.6. The van der Waals surface area contributed by atoms with E-state index < -0.39 is 28.5 Å². The number of nitrogens with one attached hydrogen (secondary N) is 1. The van der Waals surface area contributed by atoms with Gasteiger partial charge in [-0.2, -0.15) is 0 Å². The molecule has 4 aromatic carbocycles. The maximum Gasteiger partial charge on any atom is 0.264 e. The van der Waals surface area contributed by atoms with Crippen molar-refractivity contribution >= 4 is 39.1 Å². The zero-order valence-electron chi connectivity index (χ0n) is 26.1. The predicted molar refractivity (Wildman–Crippen MR) is 181 cm³/mol. The molecule has 0 aliphatic heterocycles. The first-order valence-corrected chi connectivity index (χ1v) is 16.8. The van der Waals surface area contributed by atoms with E-state index in [1.807, 2.05) is 81.4 Å². The molecule has 0 spiro atoms. The van der Waals surface area contributed by atoms with Crippen LogP contribution >= 0.6 is 11.6 Å². The molecule has 1 N–H and O–H groups in total. The lowest BCUT2D eigenvalue weighted by Crippen LogP contribution is -2.54. The third-order valence-electron chi connectivity index (χ3n) is 7.81. The van der Waals surface area contributed by atoms with Crippen LogP contribution in [0.1, 0.15) is 42.5 Å². The van der Waals surface area contributed by atoms with Gasteiger partial charge in [0.15, 0.2) is 0 Å². The van der Waals surface area contributed by atoms with Crippen molar-refractivity contribution in [2.24, 2.45) is 0 Å². The first kappa shape index (κ1) is 33.7. The molecule has 2 unspecified atom stereocenters. The van der Waals surface area contributed by atoms with E-state index in [0.717, 1.165) is 27.4 Å². The fourth-order valence-electron chi connectivity index (χ4n) is 4.98. The Morgan fingerprint density at radius 3 is 2.07 bits per heavy atom. The van der Waals surface area contributed by atoms with Crippen LogP contribution in [-0.4, -0.2) is 43.8 Å². The standard InChI is InChI=1S/C36H40ClN3O4S/c1-5-28(4)38-36(42)34(23-29-12-7-6-8-13-29)39(24-30-17-15-26(2)16-18-30)35(41)25-40(33-14-10-9-11-27(33)3)45(43,44)32-21-19-31(37)20-22-32/h6-22,28,34H,5,23-25H2,1-4H3,(H,38,42). The van der Waals surface area contributed by atoms with E-state index in [1.165, 1.54) is 29.2 Å². The topological polar surface area (TPSA) is 86.8 Å². The highest BCUT2D eigenvalue weighted by Gasteiger charge is 2.35. The Labute approximate surface area is 271 Å². The summed E-state index contributed by atoms with van der Waals surface area (Å²) >= 11 is 6.07. The molecule has 9 heteroatoms. The van der Waals surface area contributed by atoms with E-state index in [2.05, 4.69) is 5.32 Å². The highest BCUT2D eigenvalue weighted by atomic mass is 35.5. The van der Waals surface area contributed by atoms with Crippen LogP contribution < -0.4 is 9.62 Å². The lowest BCUT2D eigenvalue weighted by atomic mass is 10.0. The Balaban J connectivity index is 1.81. The van der Waals surface area contributed by atoms with Crippen molar-refractivity contribution in [1.82, 2.24) is 10.2 Å². The van der Waals surface area contributed by atoms with Crippen molar-refractivity contribution in [3.8, 4) is 0 Å². The van der Waals surface area contributed by atoms with Crippen molar-refractivity contribution in [2.45, 2.75) is 64.1 Å². The molecule has 2 amide bonds. The number of hydrogen-bond donors (Lipinski definition) is 1. The minimum absolute atomic E-state index is 0.00314. The predicted octanol–water partition coefficient (Wildman–Crippen LogP) is 6.71. The SMILES string of the molecule is CCC(C)NC(=O)C(Cc1ccccc1)N(Cc1ccc(C)cc1)C(=O)CN(c1ccccc1C)S(=O)(=O)c1ccc(Cl)cc1. The normalized spacial score (nSPS) is 12.6. The number of aryl methyl sites for hydroxylation is 2. The molecule has 0 heterocycles. The number of halogens is 1. The largest absolute Gasteiger partial charge is 0.352 e. The van der Waals surface area contributed by atoms with Crippen LogP contribution in [0.5, 0.6) is 0 Å². The number of sulfonamides is 1. The molecule has 0 aliphatic carbocycles. The number of amides is 2. The summed E-state index contributed by atoms with van der Waals surface area (Å²) < 4.78 is 29.5. The van der Waals surface area contributed by atoms with E-state index in [9.17, 15) is 18.0 Å². The maximum atomic E-state index is 14.6. The van der Waals surface area contributed by atoms with Crippen molar-refractivity contribution in [3.05, 3.63) is 130 Å². The Kier molecular flexibility index (Phi) is 11.4. The zero-order valence-corrected chi connectivity index (χ0v) is 27.7. The Bertz CT molecular complexity index is 1690. The Morgan fingerprint density at radius 1 is 0.822 bits per heavy atom. The van der Waals surface area contributed by atoms with Gasteiger partial charge in [0.1, 0.15) is 12.6 Å². The average molecular weight is 646 g/mol. The van der Waals surface area contributed by atoms with Gasteiger partial charge < -0.3 is 10.2 Å². The van der Waals surface area contributed by atoms with E-state index in [4.69, 9.17) is 11.6 Å². The summed E-state index contributed by atoms with van der Waals surface area (Å²) in [7, 11) is -4.20. The molecule has 0 aliphatic rings. The molecule has 0 fully saturated rings. The van der Waals surface area contributed by atoms with Gasteiger partial charge in [-0.25, -0.2) is 8.42 Å². The van der Waals surface area contributed by atoms with E-state index >= 15 is 0 Å². The van der Waals surface area contributed by atoms with Crippen LogP contribution in [0, 0.1) is 13.8 Å². The van der Waals surface area contributed by atoms with Gasteiger partial charge in [0, 0.05) is 24.0 Å². The number of rotatable bonds is 13. The monoisotopic (exact) mass is 645 g/mol. The number of benzene rings is 4. The number of carbonyl (C=O) groups is 2. The van der Waals surface area contributed by atoms with Crippen LogP contribution in [0.3, 0.4) is 0 Å². The first-order valence-electron chi connectivity index (χ1n) is 15.0. The molecule has 236 valence electrons. The summed E-state index contributed by atoms with van der Waals surface area (Å²) in [6.45, 7) is 7.28. The van der Waals surface area contributed by atoms with Crippen LogP contribution in [-0.2, 0) is 32.6 Å². The fraction of sp³-hybridized carbons (Fsp3) is 0.278. The van der Waals surface area contributed by atoms with Crippen LogP contribution in [0.4, 0.5) is 5.69 Å². The highest BCUT2D eigenvalue weighted by Crippen LogP contribution is 2.28. The van der Waals surface area contributed by atoms with Gasteiger partial charge in [-0.3, -0.25) is 13.9 Å². The molecule has 0 bridgehead atoms. The fourth-order valence-corrected chi connectivity index (χ4v) is 6.58. The molecule has 0 aromatic heterocycles. The Morgan fingerprint density at radius 2 is 1.44 bits per heavy atom. The maximum absolute atomic E-state index is 14.6. The van der Waals surface area contributed by atoms with Gasteiger partial charge in [0.25, 0.3) is 10.0 Å². The van der Waals surface area contributed by atoms with E-state index in [-0.39, 0.29) is 29.8 Å². The number of anilines is 1. The van der Waals surface area contributed by atoms with Crippen molar-refractivity contribution < 1.29 is 18.0 Å². The highest BCUT2D eigenvalue weighted by molar-refractivity contribution is 7.92. The number of carbonyl (C=O) groups excluding carboxylic acids is 2. The average Bonchev–Trinajstić information content (AvgIpc) is 3.03. The molecule has 0 radical (unpaired) electrons. The second kappa shape index (κ2) is 15.2. The van der Waals surface area contributed by atoms with Crippen molar-refractivity contribution in [2.75, 3.05) is 10.8 Å². The van der Waals surface area contributed by atoms with E-state index in [1.54, 1.807) is 25.1 Å². The number of nitrogens with zero attached hydrogens (tertiary/aromatic N) is 2. The van der Waals surface area contributed by atoms with Gasteiger partial charge >= 0.3 is 0 Å².